The third-order valence-corrected chi connectivity index (χ3v) is 5.42. The molecule has 0 atom stereocenters. The number of amides is 1. The van der Waals surface area contributed by atoms with Crippen molar-refractivity contribution in [1.29, 1.82) is 0 Å². The molecule has 3 aromatic carbocycles. The van der Waals surface area contributed by atoms with Crippen molar-refractivity contribution in [3.8, 4) is 17.2 Å². The molecule has 4 rings (SSSR count). The van der Waals surface area contributed by atoms with Crippen molar-refractivity contribution in [1.82, 2.24) is 9.13 Å². The Morgan fingerprint density at radius 2 is 1.65 bits per heavy atom. The molecule has 0 radical (unpaired) electrons. The van der Waals surface area contributed by atoms with E-state index in [9.17, 15) is 14.4 Å². The predicted molar refractivity (Wildman–Crippen MR) is 132 cm³/mol. The fraction of sp³-hybridized carbons (Fsp3) is 0.160. The second-order valence-corrected chi connectivity index (χ2v) is 7.81. The van der Waals surface area contributed by atoms with Crippen LogP contribution in [-0.2, 0) is 11.3 Å². The maximum atomic E-state index is 13.5. The standard InChI is InChI=1S/C25H22ClN3O5/c1-3-34-20-11-7-18(8-12-20)29-24(31)21-13-4-16(26)14-22(21)28(25(29)32)15-23(30)27-17-5-9-19(33-2)10-6-17/h4-14H,3,15H2,1-2H3,(H,27,30). The lowest BCUT2D eigenvalue weighted by atomic mass is 10.2. The Bertz CT molecular complexity index is 1460. The Kier molecular flexibility index (Phi) is 6.70. The molecule has 174 valence electrons. The van der Waals surface area contributed by atoms with Crippen LogP contribution in [0.4, 0.5) is 5.69 Å². The van der Waals surface area contributed by atoms with Crippen molar-refractivity contribution in [3.63, 3.8) is 0 Å². The first-order valence-electron chi connectivity index (χ1n) is 10.5. The van der Waals surface area contributed by atoms with Gasteiger partial charge in [-0.2, -0.15) is 0 Å². The highest BCUT2D eigenvalue weighted by Crippen LogP contribution is 2.19. The summed E-state index contributed by atoms with van der Waals surface area (Å²) in [6.07, 6.45) is 0. The van der Waals surface area contributed by atoms with E-state index in [1.165, 1.54) is 10.6 Å². The van der Waals surface area contributed by atoms with E-state index in [1.807, 2.05) is 6.92 Å². The zero-order valence-corrected chi connectivity index (χ0v) is 19.3. The number of carbonyl (C=O) groups excluding carboxylic acids is 1. The lowest BCUT2D eigenvalue weighted by Gasteiger charge is -2.15. The molecule has 1 aromatic heterocycles. The van der Waals surface area contributed by atoms with E-state index in [-0.39, 0.29) is 17.4 Å². The van der Waals surface area contributed by atoms with Crippen molar-refractivity contribution >= 4 is 34.1 Å². The summed E-state index contributed by atoms with van der Waals surface area (Å²) in [7, 11) is 1.55. The number of nitrogens with one attached hydrogen (secondary N) is 1. The summed E-state index contributed by atoms with van der Waals surface area (Å²) in [5.41, 5.74) is 0.0108. The van der Waals surface area contributed by atoms with Crippen LogP contribution in [0.15, 0.2) is 76.3 Å². The molecule has 0 aliphatic carbocycles. The number of benzene rings is 3. The molecule has 0 saturated carbocycles. The molecule has 0 aliphatic rings. The summed E-state index contributed by atoms with van der Waals surface area (Å²) in [6.45, 7) is 2.04. The zero-order chi connectivity index (χ0) is 24.2. The number of anilines is 1. The van der Waals surface area contributed by atoms with Gasteiger partial charge in [0.05, 0.1) is 30.3 Å². The Balaban J connectivity index is 1.78. The summed E-state index contributed by atoms with van der Waals surface area (Å²) >= 11 is 6.14. The smallest absolute Gasteiger partial charge is 0.336 e. The molecule has 0 fully saturated rings. The van der Waals surface area contributed by atoms with Gasteiger partial charge in [0.1, 0.15) is 18.0 Å². The lowest BCUT2D eigenvalue weighted by Crippen LogP contribution is -2.40. The van der Waals surface area contributed by atoms with Gasteiger partial charge in [0, 0.05) is 10.7 Å². The molecular weight excluding hydrogens is 458 g/mol. The minimum atomic E-state index is -0.659. The number of methoxy groups -OCH3 is 1. The highest BCUT2D eigenvalue weighted by molar-refractivity contribution is 6.31. The molecule has 0 unspecified atom stereocenters. The van der Waals surface area contributed by atoms with E-state index in [2.05, 4.69) is 5.32 Å². The molecule has 1 amide bonds. The molecule has 1 heterocycles. The number of hydrogen-bond acceptors (Lipinski definition) is 5. The SMILES string of the molecule is CCOc1ccc(-n2c(=O)c3ccc(Cl)cc3n(CC(=O)Nc3ccc(OC)cc3)c2=O)cc1. The van der Waals surface area contributed by atoms with Gasteiger partial charge in [-0.1, -0.05) is 11.6 Å². The number of carbonyl (C=O) groups is 1. The van der Waals surface area contributed by atoms with Crippen LogP contribution in [0, 0.1) is 0 Å². The predicted octanol–water partition coefficient (Wildman–Crippen LogP) is 3.85. The van der Waals surface area contributed by atoms with E-state index in [0.717, 1.165) is 4.57 Å². The van der Waals surface area contributed by atoms with Gasteiger partial charge in [-0.3, -0.25) is 14.2 Å². The normalized spacial score (nSPS) is 10.8. The number of rotatable bonds is 7. The molecule has 8 nitrogen and oxygen atoms in total. The van der Waals surface area contributed by atoms with Gasteiger partial charge in [0.15, 0.2) is 0 Å². The lowest BCUT2D eigenvalue weighted by molar-refractivity contribution is -0.116. The summed E-state index contributed by atoms with van der Waals surface area (Å²) in [5.74, 6) is 0.828. The molecule has 4 aromatic rings. The van der Waals surface area contributed by atoms with E-state index < -0.39 is 17.2 Å². The number of nitrogens with zero attached hydrogens (tertiary/aromatic N) is 2. The van der Waals surface area contributed by atoms with Crippen LogP contribution in [0.5, 0.6) is 11.5 Å². The number of halogens is 1. The van der Waals surface area contributed by atoms with E-state index in [1.54, 1.807) is 67.8 Å². The zero-order valence-electron chi connectivity index (χ0n) is 18.6. The molecule has 9 heteroatoms. The molecule has 0 aliphatic heterocycles. The third kappa shape index (κ3) is 4.67. The van der Waals surface area contributed by atoms with Crippen LogP contribution in [0.3, 0.4) is 0 Å². The number of hydrogen-bond donors (Lipinski definition) is 1. The maximum absolute atomic E-state index is 13.5. The van der Waals surface area contributed by atoms with Crippen LogP contribution < -0.4 is 26.0 Å². The van der Waals surface area contributed by atoms with Gasteiger partial charge in [0.2, 0.25) is 5.91 Å². The van der Waals surface area contributed by atoms with Gasteiger partial charge in [0.25, 0.3) is 5.56 Å². The van der Waals surface area contributed by atoms with Crippen molar-refractivity contribution in [2.45, 2.75) is 13.5 Å². The van der Waals surface area contributed by atoms with E-state index in [0.29, 0.717) is 34.5 Å². The quantitative estimate of drug-likeness (QED) is 0.434. The Hall–Kier alpha value is -4.04. The minimum Gasteiger partial charge on any atom is -0.497 e. The van der Waals surface area contributed by atoms with Crippen LogP contribution in [0.2, 0.25) is 5.02 Å². The van der Waals surface area contributed by atoms with Crippen LogP contribution in [0.1, 0.15) is 6.92 Å². The van der Waals surface area contributed by atoms with Crippen LogP contribution in [-0.4, -0.2) is 28.8 Å². The fourth-order valence-electron chi connectivity index (χ4n) is 3.60. The fourth-order valence-corrected chi connectivity index (χ4v) is 3.76. The van der Waals surface area contributed by atoms with E-state index >= 15 is 0 Å². The molecule has 0 saturated heterocycles. The van der Waals surface area contributed by atoms with Gasteiger partial charge in [-0.15, -0.1) is 0 Å². The van der Waals surface area contributed by atoms with Crippen LogP contribution in [0.25, 0.3) is 16.6 Å². The Morgan fingerprint density at radius 3 is 2.29 bits per heavy atom. The molecule has 0 bridgehead atoms. The highest BCUT2D eigenvalue weighted by Gasteiger charge is 2.17. The maximum Gasteiger partial charge on any atom is 0.336 e. The third-order valence-electron chi connectivity index (χ3n) is 5.19. The van der Waals surface area contributed by atoms with Crippen molar-refractivity contribution < 1.29 is 14.3 Å². The number of fused-ring (bicyclic) bond motifs is 1. The van der Waals surface area contributed by atoms with Gasteiger partial charge in [-0.25, -0.2) is 9.36 Å². The van der Waals surface area contributed by atoms with Crippen molar-refractivity contribution in [3.05, 3.63) is 92.6 Å². The largest absolute Gasteiger partial charge is 0.497 e. The summed E-state index contributed by atoms with van der Waals surface area (Å²) in [5, 5.41) is 3.35. The average molecular weight is 480 g/mol. The van der Waals surface area contributed by atoms with E-state index in [4.69, 9.17) is 21.1 Å². The first-order chi connectivity index (χ1) is 16.4. The monoisotopic (exact) mass is 479 g/mol. The molecular formula is C25H22ClN3O5. The molecule has 1 N–H and O–H groups in total. The first-order valence-corrected chi connectivity index (χ1v) is 10.9. The summed E-state index contributed by atoms with van der Waals surface area (Å²) < 4.78 is 12.8. The highest BCUT2D eigenvalue weighted by atomic mass is 35.5. The first kappa shape index (κ1) is 23.1. The second kappa shape index (κ2) is 9.84. The number of ether oxygens (including phenoxy) is 2. The second-order valence-electron chi connectivity index (χ2n) is 7.37. The van der Waals surface area contributed by atoms with Gasteiger partial charge in [-0.05, 0) is 73.7 Å². The Labute approximate surface area is 199 Å². The summed E-state index contributed by atoms with van der Waals surface area (Å²) in [6, 6.07) is 18.0. The minimum absolute atomic E-state index is 0.259. The van der Waals surface area contributed by atoms with Crippen LogP contribution >= 0.6 is 11.6 Å². The van der Waals surface area contributed by atoms with Gasteiger partial charge < -0.3 is 14.8 Å². The molecule has 0 spiro atoms. The number of aromatic nitrogens is 2. The molecule has 34 heavy (non-hydrogen) atoms. The van der Waals surface area contributed by atoms with Crippen molar-refractivity contribution in [2.75, 3.05) is 19.0 Å². The van der Waals surface area contributed by atoms with Crippen molar-refractivity contribution in [2.24, 2.45) is 0 Å². The Morgan fingerprint density at radius 1 is 0.971 bits per heavy atom. The van der Waals surface area contributed by atoms with Gasteiger partial charge >= 0.3 is 5.69 Å². The average Bonchev–Trinajstić information content (AvgIpc) is 2.83. The summed E-state index contributed by atoms with van der Waals surface area (Å²) in [4.78, 5) is 39.5. The topological polar surface area (TPSA) is 91.6 Å².